The lowest BCUT2D eigenvalue weighted by atomic mass is 10.1. The summed E-state index contributed by atoms with van der Waals surface area (Å²) in [4.78, 5) is 3.81. The van der Waals surface area contributed by atoms with Gasteiger partial charge in [-0.25, -0.2) is 13.4 Å². The molecular formula is C16H18ClN3O3S. The molecule has 2 N–H and O–H groups in total. The average molecular weight is 368 g/mol. The Labute approximate surface area is 146 Å². The lowest BCUT2D eigenvalue weighted by molar-refractivity contribution is 0.394. The number of methoxy groups -OCH3 is 1. The van der Waals surface area contributed by atoms with Crippen LogP contribution in [0.3, 0.4) is 0 Å². The van der Waals surface area contributed by atoms with E-state index in [1.54, 1.807) is 7.11 Å². The van der Waals surface area contributed by atoms with E-state index in [1.165, 1.54) is 16.6 Å². The lowest BCUT2D eigenvalue weighted by Crippen LogP contribution is -2.31. The van der Waals surface area contributed by atoms with Gasteiger partial charge in [0.2, 0.25) is 10.0 Å². The summed E-state index contributed by atoms with van der Waals surface area (Å²) in [6.07, 6.45) is 2.87. The van der Waals surface area contributed by atoms with Gasteiger partial charge >= 0.3 is 0 Å². The third-order valence-corrected chi connectivity index (χ3v) is 6.28. The number of nitrogens with two attached hydrogens (primary N) is 1. The van der Waals surface area contributed by atoms with Crippen LogP contribution < -0.4 is 10.5 Å². The van der Waals surface area contributed by atoms with Crippen LogP contribution in [0, 0.1) is 0 Å². The van der Waals surface area contributed by atoms with Crippen molar-refractivity contribution < 1.29 is 13.2 Å². The largest absolute Gasteiger partial charge is 0.497 e. The van der Waals surface area contributed by atoms with E-state index >= 15 is 0 Å². The minimum atomic E-state index is -3.77. The quantitative estimate of drug-likeness (QED) is 0.898. The molecule has 8 heteroatoms. The fourth-order valence-electron chi connectivity index (χ4n) is 2.95. The summed E-state index contributed by atoms with van der Waals surface area (Å²) in [5, 5.41) is 0.239. The Hall–Kier alpha value is -1.83. The van der Waals surface area contributed by atoms with Gasteiger partial charge in [-0.3, -0.25) is 0 Å². The Morgan fingerprint density at radius 1 is 1.33 bits per heavy atom. The van der Waals surface area contributed by atoms with Crippen LogP contribution in [0.4, 0.5) is 5.82 Å². The molecule has 0 amide bonds. The first kappa shape index (κ1) is 17.0. The smallest absolute Gasteiger partial charge is 0.247 e. The number of halogens is 1. The molecule has 1 fully saturated rings. The zero-order valence-electron chi connectivity index (χ0n) is 13.1. The van der Waals surface area contributed by atoms with Crippen molar-refractivity contribution in [3.05, 3.63) is 47.1 Å². The highest BCUT2D eigenvalue weighted by molar-refractivity contribution is 7.89. The van der Waals surface area contributed by atoms with E-state index in [1.807, 2.05) is 24.3 Å². The summed E-state index contributed by atoms with van der Waals surface area (Å²) in [5.74, 6) is 0.689. The second-order valence-electron chi connectivity index (χ2n) is 5.58. The molecule has 1 atom stereocenters. The van der Waals surface area contributed by atoms with Crippen molar-refractivity contribution in [2.24, 2.45) is 0 Å². The Bertz CT molecular complexity index is 840. The van der Waals surface area contributed by atoms with Gasteiger partial charge in [-0.15, -0.1) is 0 Å². The average Bonchev–Trinajstić information content (AvgIpc) is 3.07. The summed E-state index contributed by atoms with van der Waals surface area (Å²) in [6.45, 7) is 0.435. The van der Waals surface area contributed by atoms with Crippen molar-refractivity contribution in [1.29, 1.82) is 0 Å². The number of ether oxygens (including phenoxy) is 1. The number of sulfonamides is 1. The van der Waals surface area contributed by atoms with Crippen LogP contribution in [0.25, 0.3) is 0 Å². The van der Waals surface area contributed by atoms with Gasteiger partial charge in [-0.05, 0) is 36.6 Å². The van der Waals surface area contributed by atoms with Gasteiger partial charge < -0.3 is 10.5 Å². The van der Waals surface area contributed by atoms with Crippen molar-refractivity contribution in [2.75, 3.05) is 19.4 Å². The molecular weight excluding hydrogens is 350 g/mol. The third kappa shape index (κ3) is 3.07. The molecule has 0 aliphatic carbocycles. The van der Waals surface area contributed by atoms with E-state index in [9.17, 15) is 8.42 Å². The molecule has 1 aromatic carbocycles. The first-order valence-corrected chi connectivity index (χ1v) is 9.32. The van der Waals surface area contributed by atoms with Crippen molar-refractivity contribution >= 4 is 27.4 Å². The van der Waals surface area contributed by atoms with Crippen molar-refractivity contribution in [3.63, 3.8) is 0 Å². The van der Waals surface area contributed by atoms with E-state index in [4.69, 9.17) is 22.1 Å². The predicted octanol–water partition coefficient (Wildman–Crippen LogP) is 2.85. The van der Waals surface area contributed by atoms with Crippen molar-refractivity contribution in [2.45, 2.75) is 23.8 Å². The van der Waals surface area contributed by atoms with E-state index in [-0.39, 0.29) is 21.8 Å². The molecule has 1 aromatic heterocycles. The number of aromatic nitrogens is 1. The molecule has 1 unspecified atom stereocenters. The highest BCUT2D eigenvalue weighted by atomic mass is 35.5. The molecule has 24 heavy (non-hydrogen) atoms. The van der Waals surface area contributed by atoms with Gasteiger partial charge in [0, 0.05) is 12.7 Å². The number of pyridine rings is 1. The summed E-state index contributed by atoms with van der Waals surface area (Å²) >= 11 is 5.90. The molecule has 2 heterocycles. The van der Waals surface area contributed by atoms with E-state index in [0.717, 1.165) is 24.2 Å². The first-order chi connectivity index (χ1) is 11.4. The number of nitrogen functional groups attached to an aromatic ring is 1. The van der Waals surface area contributed by atoms with Gasteiger partial charge in [0.25, 0.3) is 0 Å². The maximum Gasteiger partial charge on any atom is 0.247 e. The van der Waals surface area contributed by atoms with Crippen LogP contribution in [0.1, 0.15) is 24.4 Å². The molecule has 0 bridgehead atoms. The van der Waals surface area contributed by atoms with Crippen LogP contribution in [0.5, 0.6) is 5.75 Å². The highest BCUT2D eigenvalue weighted by Crippen LogP contribution is 2.38. The van der Waals surface area contributed by atoms with Crippen LogP contribution in [-0.2, 0) is 10.0 Å². The molecule has 6 nitrogen and oxygen atoms in total. The zero-order valence-corrected chi connectivity index (χ0v) is 14.7. The molecule has 1 saturated heterocycles. The SMILES string of the molecule is COc1ccc(C2CCCN2S(=O)(=O)c2cc(Cl)cnc2N)cc1. The van der Waals surface area contributed by atoms with Crippen molar-refractivity contribution in [3.8, 4) is 5.75 Å². The zero-order chi connectivity index (χ0) is 17.3. The number of hydrogen-bond acceptors (Lipinski definition) is 5. The second-order valence-corrected chi connectivity index (χ2v) is 7.88. The number of hydrogen-bond donors (Lipinski definition) is 1. The van der Waals surface area contributed by atoms with Crippen LogP contribution >= 0.6 is 11.6 Å². The minimum absolute atomic E-state index is 0.0419. The normalized spacial score (nSPS) is 18.7. The lowest BCUT2D eigenvalue weighted by Gasteiger charge is -2.25. The van der Waals surface area contributed by atoms with E-state index < -0.39 is 10.0 Å². The van der Waals surface area contributed by atoms with Crippen LogP contribution in [0.15, 0.2) is 41.4 Å². The monoisotopic (exact) mass is 367 g/mol. The molecule has 0 radical (unpaired) electrons. The number of nitrogens with zero attached hydrogens (tertiary/aromatic N) is 2. The van der Waals surface area contributed by atoms with Gasteiger partial charge in [0.15, 0.2) is 0 Å². The third-order valence-electron chi connectivity index (χ3n) is 4.14. The first-order valence-electron chi connectivity index (χ1n) is 7.50. The number of benzene rings is 1. The topological polar surface area (TPSA) is 85.5 Å². The summed E-state index contributed by atoms with van der Waals surface area (Å²) in [6, 6.07) is 8.54. The van der Waals surface area contributed by atoms with Crippen LogP contribution in [0.2, 0.25) is 5.02 Å². The Kier molecular flexibility index (Phi) is 4.67. The fourth-order valence-corrected chi connectivity index (χ4v) is 4.95. The minimum Gasteiger partial charge on any atom is -0.497 e. The standard InChI is InChI=1S/C16H18ClN3O3S/c1-23-13-6-4-11(5-7-13)14-3-2-8-20(14)24(21,22)15-9-12(17)10-19-16(15)18/h4-7,9-10,14H,2-3,8H2,1H3,(H2,18,19). The molecule has 0 saturated carbocycles. The fraction of sp³-hybridized carbons (Fsp3) is 0.312. The van der Waals surface area contributed by atoms with Gasteiger partial charge in [0.1, 0.15) is 16.5 Å². The predicted molar refractivity (Wildman–Crippen MR) is 92.5 cm³/mol. The molecule has 3 rings (SSSR count). The molecule has 0 spiro atoms. The maximum absolute atomic E-state index is 13.0. The maximum atomic E-state index is 13.0. The van der Waals surface area contributed by atoms with Gasteiger partial charge in [0.05, 0.1) is 18.2 Å². The van der Waals surface area contributed by atoms with Crippen molar-refractivity contribution in [1.82, 2.24) is 9.29 Å². The highest BCUT2D eigenvalue weighted by Gasteiger charge is 2.37. The second kappa shape index (κ2) is 6.58. The van der Waals surface area contributed by atoms with Gasteiger partial charge in [-0.2, -0.15) is 4.31 Å². The van der Waals surface area contributed by atoms with E-state index in [0.29, 0.717) is 6.54 Å². The molecule has 1 aliphatic heterocycles. The Morgan fingerprint density at radius 2 is 2.04 bits per heavy atom. The van der Waals surface area contributed by atoms with E-state index in [2.05, 4.69) is 4.98 Å². The summed E-state index contributed by atoms with van der Waals surface area (Å²) < 4.78 is 32.7. The molecule has 1 aliphatic rings. The summed E-state index contributed by atoms with van der Waals surface area (Å²) in [7, 11) is -2.18. The Morgan fingerprint density at radius 3 is 2.71 bits per heavy atom. The summed E-state index contributed by atoms with van der Waals surface area (Å²) in [5.41, 5.74) is 6.69. The molecule has 2 aromatic rings. The number of anilines is 1. The Balaban J connectivity index is 1.98. The van der Waals surface area contributed by atoms with Crippen LogP contribution in [-0.4, -0.2) is 31.4 Å². The molecule has 128 valence electrons. The van der Waals surface area contributed by atoms with Gasteiger partial charge in [-0.1, -0.05) is 23.7 Å². The number of rotatable bonds is 4.